The van der Waals surface area contributed by atoms with Gasteiger partial charge in [0.25, 0.3) is 0 Å². The Morgan fingerprint density at radius 2 is 1.72 bits per heavy atom. The maximum Gasteiger partial charge on any atom is 0.236 e. The highest BCUT2D eigenvalue weighted by Gasteiger charge is 2.24. The maximum absolute atomic E-state index is 12.9. The van der Waals surface area contributed by atoms with E-state index in [1.807, 2.05) is 23.1 Å². The van der Waals surface area contributed by atoms with Gasteiger partial charge >= 0.3 is 0 Å². The lowest BCUT2D eigenvalue weighted by Gasteiger charge is -2.33. The van der Waals surface area contributed by atoms with Crippen LogP contribution in [0, 0.1) is 0 Å². The van der Waals surface area contributed by atoms with E-state index >= 15 is 0 Å². The van der Waals surface area contributed by atoms with Gasteiger partial charge in [-0.3, -0.25) is 14.5 Å². The zero-order valence-corrected chi connectivity index (χ0v) is 17.7. The summed E-state index contributed by atoms with van der Waals surface area (Å²) in [6.07, 6.45) is 6.77. The summed E-state index contributed by atoms with van der Waals surface area (Å²) in [5, 5.41) is 9.91. The molecule has 6 heteroatoms. The fourth-order valence-electron chi connectivity index (χ4n) is 4.42. The number of nitrogens with zero attached hydrogens (tertiary/aromatic N) is 3. The lowest BCUT2D eigenvalue weighted by molar-refractivity contribution is -0.135. The van der Waals surface area contributed by atoms with E-state index in [-0.39, 0.29) is 11.8 Å². The summed E-state index contributed by atoms with van der Waals surface area (Å²) in [6, 6.07) is 8.07. The van der Waals surface area contributed by atoms with Gasteiger partial charge in [0.15, 0.2) is 0 Å². The molecule has 0 spiro atoms. The molecule has 3 rings (SSSR count). The minimum atomic E-state index is -0.399. The number of benzene rings is 1. The van der Waals surface area contributed by atoms with Crippen LogP contribution in [-0.2, 0) is 16.1 Å². The van der Waals surface area contributed by atoms with Crippen molar-refractivity contribution >= 4 is 17.5 Å². The average molecular weight is 402 g/mol. The average Bonchev–Trinajstić information content (AvgIpc) is 2.69. The lowest BCUT2D eigenvalue weighted by atomic mass is 10.1. The molecule has 1 saturated heterocycles. The standard InChI is InChI=1S/C23H35N3O3/c1-19(27)26-15-8-4-2-3-7-13-24(16-20-10-5-6-12-22(20)26)18-23(29)25-14-9-11-21(28)17-25/h5-6,10,12,21,28H,2-4,7-9,11,13-18H2,1H3. The van der Waals surface area contributed by atoms with Gasteiger partial charge in [0.05, 0.1) is 12.6 Å². The van der Waals surface area contributed by atoms with Crippen molar-refractivity contribution in [3.8, 4) is 0 Å². The SMILES string of the molecule is CC(=O)N1CCCCCCCN(CC(=O)N2CCCC(O)C2)Cc2ccccc21. The van der Waals surface area contributed by atoms with Crippen molar-refractivity contribution in [1.29, 1.82) is 0 Å². The van der Waals surface area contributed by atoms with E-state index in [0.717, 1.165) is 75.8 Å². The molecule has 2 aliphatic rings. The smallest absolute Gasteiger partial charge is 0.236 e. The molecule has 29 heavy (non-hydrogen) atoms. The van der Waals surface area contributed by atoms with E-state index in [1.165, 1.54) is 0 Å². The van der Waals surface area contributed by atoms with Gasteiger partial charge in [-0.05, 0) is 43.9 Å². The first-order valence-corrected chi connectivity index (χ1v) is 11.1. The number of para-hydroxylation sites is 1. The van der Waals surface area contributed by atoms with E-state index in [1.54, 1.807) is 11.8 Å². The monoisotopic (exact) mass is 401 g/mol. The van der Waals surface area contributed by atoms with E-state index in [4.69, 9.17) is 0 Å². The molecule has 0 bridgehead atoms. The van der Waals surface area contributed by atoms with Crippen molar-refractivity contribution in [2.45, 2.75) is 64.5 Å². The molecule has 0 aromatic heterocycles. The Hall–Kier alpha value is -1.92. The molecule has 0 saturated carbocycles. The first-order chi connectivity index (χ1) is 14.0. The number of piperidine rings is 1. The van der Waals surface area contributed by atoms with Crippen LogP contribution in [0.3, 0.4) is 0 Å². The summed E-state index contributed by atoms with van der Waals surface area (Å²) in [4.78, 5) is 31.1. The summed E-state index contributed by atoms with van der Waals surface area (Å²) >= 11 is 0. The first-order valence-electron chi connectivity index (χ1n) is 11.1. The molecule has 2 heterocycles. The van der Waals surface area contributed by atoms with Crippen molar-refractivity contribution < 1.29 is 14.7 Å². The molecule has 0 aliphatic carbocycles. The third-order valence-electron chi connectivity index (χ3n) is 6.02. The highest BCUT2D eigenvalue weighted by atomic mass is 16.3. The zero-order chi connectivity index (χ0) is 20.6. The van der Waals surface area contributed by atoms with Gasteiger partial charge in [-0.15, -0.1) is 0 Å². The number of β-amino-alcohol motifs (C(OH)–C–C–N with tert-alkyl or cyclic N) is 1. The second-order valence-electron chi connectivity index (χ2n) is 8.41. The number of aliphatic hydroxyl groups excluding tert-OH is 1. The molecule has 6 nitrogen and oxygen atoms in total. The van der Waals surface area contributed by atoms with E-state index in [0.29, 0.717) is 19.6 Å². The quantitative estimate of drug-likeness (QED) is 0.828. The van der Waals surface area contributed by atoms with Crippen molar-refractivity contribution in [3.05, 3.63) is 29.8 Å². The Bertz CT molecular complexity index is 694. The predicted octanol–water partition coefficient (Wildman–Crippen LogP) is 2.79. The Labute approximate surface area is 174 Å². The first kappa shape index (κ1) is 21.8. The molecule has 1 N–H and O–H groups in total. The number of likely N-dealkylation sites (tertiary alicyclic amines) is 1. The molecule has 2 aliphatic heterocycles. The molecule has 1 aromatic carbocycles. The van der Waals surface area contributed by atoms with Gasteiger partial charge < -0.3 is 14.9 Å². The number of anilines is 1. The molecular formula is C23H35N3O3. The summed E-state index contributed by atoms with van der Waals surface area (Å²) in [5.74, 6) is 0.163. The number of hydrogen-bond acceptors (Lipinski definition) is 4. The van der Waals surface area contributed by atoms with Crippen LogP contribution >= 0.6 is 0 Å². The highest BCUT2D eigenvalue weighted by molar-refractivity contribution is 5.92. The van der Waals surface area contributed by atoms with Gasteiger partial charge in [-0.2, -0.15) is 0 Å². The molecule has 1 fully saturated rings. The number of amides is 2. The van der Waals surface area contributed by atoms with Crippen LogP contribution in [0.25, 0.3) is 0 Å². The largest absolute Gasteiger partial charge is 0.391 e. The second kappa shape index (κ2) is 10.7. The minimum absolute atomic E-state index is 0.0689. The number of carbonyl (C=O) groups is 2. The van der Waals surface area contributed by atoms with Crippen LogP contribution in [-0.4, -0.2) is 65.5 Å². The van der Waals surface area contributed by atoms with Gasteiger partial charge in [0, 0.05) is 38.8 Å². The fraction of sp³-hybridized carbons (Fsp3) is 0.652. The van der Waals surface area contributed by atoms with Crippen molar-refractivity contribution in [2.24, 2.45) is 0 Å². The van der Waals surface area contributed by atoms with Crippen LogP contribution in [0.1, 0.15) is 57.4 Å². The second-order valence-corrected chi connectivity index (χ2v) is 8.41. The van der Waals surface area contributed by atoms with Crippen LogP contribution < -0.4 is 4.90 Å². The highest BCUT2D eigenvalue weighted by Crippen LogP contribution is 2.24. The topological polar surface area (TPSA) is 64.1 Å². The molecule has 0 radical (unpaired) electrons. The van der Waals surface area contributed by atoms with Crippen molar-refractivity contribution in [1.82, 2.24) is 9.80 Å². The van der Waals surface area contributed by atoms with Crippen LogP contribution in [0.5, 0.6) is 0 Å². The molecule has 1 unspecified atom stereocenters. The van der Waals surface area contributed by atoms with E-state index < -0.39 is 6.10 Å². The van der Waals surface area contributed by atoms with Crippen molar-refractivity contribution in [3.63, 3.8) is 0 Å². The van der Waals surface area contributed by atoms with E-state index in [2.05, 4.69) is 11.0 Å². The Balaban J connectivity index is 1.77. The zero-order valence-electron chi connectivity index (χ0n) is 17.7. The molecule has 1 aromatic rings. The normalized spacial score (nSPS) is 22.3. The third-order valence-corrected chi connectivity index (χ3v) is 6.02. The van der Waals surface area contributed by atoms with Gasteiger partial charge in [-0.1, -0.05) is 37.5 Å². The third kappa shape index (κ3) is 6.28. The Kier molecular flexibility index (Phi) is 8.07. The van der Waals surface area contributed by atoms with Gasteiger partial charge in [-0.25, -0.2) is 0 Å². The van der Waals surface area contributed by atoms with E-state index in [9.17, 15) is 14.7 Å². The molecule has 2 amide bonds. The summed E-state index contributed by atoms with van der Waals surface area (Å²) in [7, 11) is 0. The number of fused-ring (bicyclic) bond motifs is 1. The molecular weight excluding hydrogens is 366 g/mol. The lowest BCUT2D eigenvalue weighted by Crippen LogP contribution is -2.46. The van der Waals surface area contributed by atoms with Crippen LogP contribution in [0.15, 0.2) is 24.3 Å². The maximum atomic E-state index is 12.9. The van der Waals surface area contributed by atoms with Gasteiger partial charge in [0.2, 0.25) is 11.8 Å². The number of hydrogen-bond donors (Lipinski definition) is 1. The number of aliphatic hydroxyl groups is 1. The minimum Gasteiger partial charge on any atom is -0.391 e. The van der Waals surface area contributed by atoms with Crippen LogP contribution in [0.2, 0.25) is 0 Å². The molecule has 1 atom stereocenters. The summed E-state index contributed by atoms with van der Waals surface area (Å²) in [5.41, 5.74) is 2.06. The van der Waals surface area contributed by atoms with Gasteiger partial charge in [0.1, 0.15) is 0 Å². The number of rotatable bonds is 2. The summed E-state index contributed by atoms with van der Waals surface area (Å²) in [6.45, 7) is 5.45. The Morgan fingerprint density at radius 1 is 1.00 bits per heavy atom. The predicted molar refractivity (Wildman–Crippen MR) is 115 cm³/mol. The Morgan fingerprint density at radius 3 is 2.48 bits per heavy atom. The molecule has 160 valence electrons. The van der Waals surface area contributed by atoms with Crippen molar-refractivity contribution in [2.75, 3.05) is 37.6 Å². The van der Waals surface area contributed by atoms with Crippen LogP contribution in [0.4, 0.5) is 5.69 Å². The summed E-state index contributed by atoms with van der Waals surface area (Å²) < 4.78 is 0. The fourth-order valence-corrected chi connectivity index (χ4v) is 4.42. The number of carbonyl (C=O) groups excluding carboxylic acids is 2.